The summed E-state index contributed by atoms with van der Waals surface area (Å²) in [6, 6.07) is 0. The summed E-state index contributed by atoms with van der Waals surface area (Å²) in [6.07, 6.45) is -4.92. The van der Waals surface area contributed by atoms with E-state index in [4.69, 9.17) is 16.8 Å². The van der Waals surface area contributed by atoms with Crippen molar-refractivity contribution in [1.29, 1.82) is 0 Å². The van der Waals surface area contributed by atoms with E-state index in [9.17, 15) is 22.0 Å². The van der Waals surface area contributed by atoms with Crippen LogP contribution >= 0.6 is 11.6 Å². The van der Waals surface area contributed by atoms with E-state index in [0.717, 1.165) is 0 Å². The summed E-state index contributed by atoms with van der Waals surface area (Å²) in [7, 11) is 0. The normalized spacial score (nSPS) is 12.2. The summed E-state index contributed by atoms with van der Waals surface area (Å²) in [5, 5.41) is 11.5. The van der Waals surface area contributed by atoms with Crippen LogP contribution in [0.1, 0.15) is 11.3 Å². The minimum Gasteiger partial charge on any atom is -0.414 e. The van der Waals surface area contributed by atoms with Gasteiger partial charge in [0.2, 0.25) is 0 Å². The fourth-order valence-electron chi connectivity index (χ4n) is 0.973. The maximum atomic E-state index is 12.3. The summed E-state index contributed by atoms with van der Waals surface area (Å²) >= 11 is 5.15. The Labute approximate surface area is 90.1 Å². The fourth-order valence-corrected chi connectivity index (χ4v) is 1.21. The van der Waals surface area contributed by atoms with Crippen LogP contribution in [0.25, 0.3) is 0 Å². The average molecular weight is 267 g/mol. The molecule has 0 unspecified atom stereocenters. The van der Waals surface area contributed by atoms with E-state index in [-0.39, 0.29) is 0 Å². The Kier molecular flexibility index (Phi) is 3.46. The molecule has 1 aromatic heterocycles. The van der Waals surface area contributed by atoms with Gasteiger partial charge < -0.3 is 9.94 Å². The largest absolute Gasteiger partial charge is 0.435 e. The van der Waals surface area contributed by atoms with Crippen LogP contribution in [0.5, 0.6) is 5.88 Å². The Morgan fingerprint density at radius 2 is 2.00 bits per heavy atom. The number of ether oxygens (including phenoxy) is 1. The van der Waals surface area contributed by atoms with Crippen LogP contribution in [-0.4, -0.2) is 21.8 Å². The van der Waals surface area contributed by atoms with Crippen molar-refractivity contribution in [3.63, 3.8) is 0 Å². The molecule has 0 bridgehead atoms. The van der Waals surface area contributed by atoms with Crippen molar-refractivity contribution in [3.8, 4) is 5.88 Å². The lowest BCUT2D eigenvalue weighted by molar-refractivity contribution is -0.143. The summed E-state index contributed by atoms with van der Waals surface area (Å²) < 4.78 is 64.2. The van der Waals surface area contributed by atoms with Gasteiger partial charge in [-0.3, -0.25) is 0 Å². The van der Waals surface area contributed by atoms with Gasteiger partial charge in [-0.2, -0.15) is 22.0 Å². The topological polar surface area (TPSA) is 47.3 Å². The van der Waals surface area contributed by atoms with E-state index >= 15 is 0 Å². The third-order valence-electron chi connectivity index (χ3n) is 1.52. The first-order valence-electron chi connectivity index (χ1n) is 3.66. The highest BCUT2D eigenvalue weighted by atomic mass is 35.5. The van der Waals surface area contributed by atoms with Gasteiger partial charge in [0.05, 0.1) is 11.4 Å². The molecule has 0 aromatic carbocycles. The molecule has 0 amide bonds. The summed E-state index contributed by atoms with van der Waals surface area (Å²) in [4.78, 5) is -0.424. The first-order valence-corrected chi connectivity index (χ1v) is 4.20. The Balaban J connectivity index is 3.24. The molecule has 0 saturated carbocycles. The van der Waals surface area contributed by atoms with Gasteiger partial charge in [0, 0.05) is 0 Å². The molecule has 0 aliphatic heterocycles. The Morgan fingerprint density at radius 1 is 1.44 bits per heavy atom. The van der Waals surface area contributed by atoms with Crippen LogP contribution in [0.2, 0.25) is 0 Å². The molecule has 0 atom stereocenters. The minimum atomic E-state index is -4.92. The van der Waals surface area contributed by atoms with E-state index in [1.54, 1.807) is 0 Å². The molecular formula is C6H4ClF5N2O2. The smallest absolute Gasteiger partial charge is 0.414 e. The van der Waals surface area contributed by atoms with Crippen molar-refractivity contribution in [1.82, 2.24) is 9.94 Å². The molecule has 0 spiro atoms. The zero-order valence-corrected chi connectivity index (χ0v) is 8.06. The highest BCUT2D eigenvalue weighted by Gasteiger charge is 2.40. The lowest BCUT2D eigenvalue weighted by atomic mass is 10.2. The Bertz CT molecular complexity index is 378. The highest BCUT2D eigenvalue weighted by Crippen LogP contribution is 2.36. The molecule has 1 rings (SSSR count). The molecule has 0 aliphatic rings. The van der Waals surface area contributed by atoms with E-state index in [1.165, 1.54) is 0 Å². The van der Waals surface area contributed by atoms with Crippen LogP contribution in [0.3, 0.4) is 0 Å². The maximum absolute atomic E-state index is 12.3. The molecule has 0 aliphatic carbocycles. The van der Waals surface area contributed by atoms with E-state index in [0.29, 0.717) is 0 Å². The number of rotatable bonds is 3. The number of nitrogens with zero attached hydrogens (tertiary/aromatic N) is 2. The van der Waals surface area contributed by atoms with Gasteiger partial charge in [-0.15, -0.1) is 16.7 Å². The van der Waals surface area contributed by atoms with Gasteiger partial charge in [0.1, 0.15) is 0 Å². The Hall–Kier alpha value is -1.25. The van der Waals surface area contributed by atoms with Crippen molar-refractivity contribution in [2.24, 2.45) is 0 Å². The molecule has 1 N–H and O–H groups in total. The number of hydrogen-bond donors (Lipinski definition) is 1. The second-order valence-corrected chi connectivity index (χ2v) is 2.80. The van der Waals surface area contributed by atoms with Crippen molar-refractivity contribution in [2.75, 3.05) is 0 Å². The second-order valence-electron chi connectivity index (χ2n) is 2.53. The van der Waals surface area contributed by atoms with Gasteiger partial charge in [-0.05, 0) is 0 Å². The molecule has 0 saturated heterocycles. The average Bonchev–Trinajstić information content (AvgIpc) is 2.42. The standard InChI is InChI=1S/C6H4ClF5N2O2/c7-1-2-3(6(10,11)12)13-14(15)4(2)16-5(8)9/h5,15H,1H2. The molecule has 16 heavy (non-hydrogen) atoms. The third kappa shape index (κ3) is 2.46. The van der Waals surface area contributed by atoms with Crippen LogP contribution in [0, 0.1) is 0 Å². The SMILES string of the molecule is On1nc(C(F)(F)F)c(CCl)c1OC(F)F. The zero-order chi connectivity index (χ0) is 12.5. The number of halogens is 6. The number of aromatic nitrogens is 2. The molecule has 10 heteroatoms. The zero-order valence-electron chi connectivity index (χ0n) is 7.30. The van der Waals surface area contributed by atoms with Crippen molar-refractivity contribution in [2.45, 2.75) is 18.7 Å². The quantitative estimate of drug-likeness (QED) is 0.519. The Morgan fingerprint density at radius 3 is 2.38 bits per heavy atom. The van der Waals surface area contributed by atoms with Crippen LogP contribution < -0.4 is 4.74 Å². The minimum absolute atomic E-state index is 0.424. The summed E-state index contributed by atoms with van der Waals surface area (Å²) in [5.74, 6) is -1.91. The van der Waals surface area contributed by atoms with Gasteiger partial charge in [-0.1, -0.05) is 4.85 Å². The first kappa shape index (κ1) is 12.8. The molecule has 92 valence electrons. The molecule has 4 nitrogen and oxygen atoms in total. The lowest BCUT2D eigenvalue weighted by Crippen LogP contribution is -2.09. The number of alkyl halides is 6. The van der Waals surface area contributed by atoms with Gasteiger partial charge >= 0.3 is 12.8 Å². The summed E-state index contributed by atoms with van der Waals surface area (Å²) in [5.41, 5.74) is -2.42. The highest BCUT2D eigenvalue weighted by molar-refractivity contribution is 6.17. The summed E-state index contributed by atoms with van der Waals surface area (Å²) in [6.45, 7) is -3.40. The van der Waals surface area contributed by atoms with E-state index in [1.807, 2.05) is 0 Å². The van der Waals surface area contributed by atoms with E-state index < -0.39 is 40.7 Å². The second kappa shape index (κ2) is 4.32. The van der Waals surface area contributed by atoms with Gasteiger partial charge in [0.15, 0.2) is 5.69 Å². The molecule has 1 aromatic rings. The first-order chi connectivity index (χ1) is 7.27. The predicted molar refractivity (Wildman–Crippen MR) is 40.6 cm³/mol. The van der Waals surface area contributed by atoms with Gasteiger partial charge in [0.25, 0.3) is 5.88 Å². The van der Waals surface area contributed by atoms with Crippen LogP contribution in [-0.2, 0) is 12.1 Å². The van der Waals surface area contributed by atoms with Crippen molar-refractivity contribution < 1.29 is 31.9 Å². The monoisotopic (exact) mass is 266 g/mol. The molecule has 0 fully saturated rings. The van der Waals surface area contributed by atoms with Crippen LogP contribution in [0.4, 0.5) is 22.0 Å². The molecule has 1 heterocycles. The fraction of sp³-hybridized carbons (Fsp3) is 0.500. The lowest BCUT2D eigenvalue weighted by Gasteiger charge is -2.05. The predicted octanol–water partition coefficient (Wildman–Crippen LogP) is 2.48. The third-order valence-corrected chi connectivity index (χ3v) is 1.79. The molecule has 0 radical (unpaired) electrons. The van der Waals surface area contributed by atoms with Crippen molar-refractivity contribution >= 4 is 11.6 Å². The molecular weight excluding hydrogens is 263 g/mol. The van der Waals surface area contributed by atoms with E-state index in [2.05, 4.69) is 9.84 Å². The van der Waals surface area contributed by atoms with Gasteiger partial charge in [-0.25, -0.2) is 0 Å². The maximum Gasteiger partial charge on any atom is 0.435 e. The van der Waals surface area contributed by atoms with Crippen molar-refractivity contribution in [3.05, 3.63) is 11.3 Å². The number of hydrogen-bond acceptors (Lipinski definition) is 3. The van der Waals surface area contributed by atoms with Crippen LogP contribution in [0.15, 0.2) is 0 Å².